The molecular weight excluding hydrogens is 228 g/mol. The van der Waals surface area contributed by atoms with Crippen molar-refractivity contribution in [2.24, 2.45) is 11.7 Å². The topological polar surface area (TPSA) is 72.2 Å². The largest absolute Gasteiger partial charge is 0.325 e. The summed E-state index contributed by atoms with van der Waals surface area (Å²) in [6.07, 6.45) is 0.637. The molecule has 0 aliphatic rings. The summed E-state index contributed by atoms with van der Waals surface area (Å²) >= 11 is 0. The second-order valence-electron chi connectivity index (χ2n) is 4.86. The SMILES string of the molecule is CC(=O)c1cccc(NC(=O)C(N)CC(C)C)c1. The Kier molecular flexibility index (Phi) is 5.04. The Morgan fingerprint density at radius 2 is 2.00 bits per heavy atom. The first kappa shape index (κ1) is 14.4. The van der Waals surface area contributed by atoms with Crippen LogP contribution in [0.15, 0.2) is 24.3 Å². The Bertz CT molecular complexity index is 441. The predicted molar refractivity (Wildman–Crippen MR) is 72.5 cm³/mol. The lowest BCUT2D eigenvalue weighted by Gasteiger charge is -2.14. The summed E-state index contributed by atoms with van der Waals surface area (Å²) < 4.78 is 0. The van der Waals surface area contributed by atoms with Crippen molar-refractivity contribution in [1.29, 1.82) is 0 Å². The Balaban J connectivity index is 2.70. The van der Waals surface area contributed by atoms with Crippen LogP contribution in [0.25, 0.3) is 0 Å². The molecule has 18 heavy (non-hydrogen) atoms. The number of carbonyl (C=O) groups is 2. The lowest BCUT2D eigenvalue weighted by Crippen LogP contribution is -2.36. The second-order valence-corrected chi connectivity index (χ2v) is 4.86. The summed E-state index contributed by atoms with van der Waals surface area (Å²) in [5.41, 5.74) is 6.96. The molecule has 0 fully saturated rings. The molecule has 0 saturated carbocycles. The van der Waals surface area contributed by atoms with E-state index in [1.807, 2.05) is 13.8 Å². The van der Waals surface area contributed by atoms with Crippen molar-refractivity contribution in [2.75, 3.05) is 5.32 Å². The van der Waals surface area contributed by atoms with Gasteiger partial charge in [0.05, 0.1) is 6.04 Å². The smallest absolute Gasteiger partial charge is 0.241 e. The van der Waals surface area contributed by atoms with E-state index in [-0.39, 0.29) is 11.7 Å². The number of ketones is 1. The molecule has 3 N–H and O–H groups in total. The highest BCUT2D eigenvalue weighted by Crippen LogP contribution is 2.12. The van der Waals surface area contributed by atoms with E-state index >= 15 is 0 Å². The van der Waals surface area contributed by atoms with Crippen molar-refractivity contribution in [3.05, 3.63) is 29.8 Å². The third-order valence-corrected chi connectivity index (χ3v) is 2.60. The first-order chi connectivity index (χ1) is 8.40. The molecule has 1 unspecified atom stereocenters. The third kappa shape index (κ3) is 4.30. The Morgan fingerprint density at radius 3 is 2.56 bits per heavy atom. The van der Waals surface area contributed by atoms with Gasteiger partial charge in [-0.1, -0.05) is 26.0 Å². The molecular formula is C14H20N2O2. The molecule has 1 aromatic rings. The van der Waals surface area contributed by atoms with Crippen LogP contribution >= 0.6 is 0 Å². The molecule has 0 saturated heterocycles. The maximum atomic E-state index is 11.8. The quantitative estimate of drug-likeness (QED) is 0.785. The first-order valence-electron chi connectivity index (χ1n) is 6.07. The van der Waals surface area contributed by atoms with E-state index in [0.717, 1.165) is 0 Å². The number of nitrogens with two attached hydrogens (primary N) is 1. The van der Waals surface area contributed by atoms with Crippen LogP contribution in [0, 0.1) is 5.92 Å². The van der Waals surface area contributed by atoms with Crippen LogP contribution in [0.2, 0.25) is 0 Å². The third-order valence-electron chi connectivity index (χ3n) is 2.60. The maximum Gasteiger partial charge on any atom is 0.241 e. The number of carbonyl (C=O) groups excluding carboxylic acids is 2. The molecule has 0 heterocycles. The Hall–Kier alpha value is -1.68. The van der Waals surface area contributed by atoms with Crippen LogP contribution in [-0.4, -0.2) is 17.7 Å². The van der Waals surface area contributed by atoms with Crippen LogP contribution in [0.1, 0.15) is 37.6 Å². The summed E-state index contributed by atoms with van der Waals surface area (Å²) in [5.74, 6) is 0.122. The molecule has 0 aromatic heterocycles. The average Bonchev–Trinajstić information content (AvgIpc) is 2.28. The standard InChI is InChI=1S/C14H20N2O2/c1-9(2)7-13(15)14(18)16-12-6-4-5-11(8-12)10(3)17/h4-6,8-9,13H,7,15H2,1-3H3,(H,16,18). The summed E-state index contributed by atoms with van der Waals surface area (Å²) in [6, 6.07) is 6.33. The van der Waals surface area contributed by atoms with Gasteiger partial charge in [0.1, 0.15) is 0 Å². The lowest BCUT2D eigenvalue weighted by atomic mass is 10.0. The van der Waals surface area contributed by atoms with Crippen molar-refractivity contribution < 1.29 is 9.59 Å². The zero-order valence-electron chi connectivity index (χ0n) is 11.1. The van der Waals surface area contributed by atoms with Gasteiger partial charge < -0.3 is 11.1 Å². The molecule has 4 nitrogen and oxygen atoms in total. The fourth-order valence-electron chi connectivity index (χ4n) is 1.67. The van der Waals surface area contributed by atoms with Crippen molar-refractivity contribution in [3.8, 4) is 0 Å². The van der Waals surface area contributed by atoms with Gasteiger partial charge in [-0.25, -0.2) is 0 Å². The lowest BCUT2D eigenvalue weighted by molar-refractivity contribution is -0.117. The summed E-state index contributed by atoms with van der Waals surface area (Å²) in [4.78, 5) is 23.0. The van der Waals surface area contributed by atoms with Crippen molar-refractivity contribution in [3.63, 3.8) is 0 Å². The van der Waals surface area contributed by atoms with Gasteiger partial charge in [-0.3, -0.25) is 9.59 Å². The molecule has 1 rings (SSSR count). The normalized spacial score (nSPS) is 12.3. The summed E-state index contributed by atoms with van der Waals surface area (Å²) in [5, 5.41) is 2.73. The minimum Gasteiger partial charge on any atom is -0.325 e. The first-order valence-corrected chi connectivity index (χ1v) is 6.07. The van der Waals surface area contributed by atoms with Gasteiger partial charge in [-0.2, -0.15) is 0 Å². The molecule has 4 heteroatoms. The van der Waals surface area contributed by atoms with E-state index in [1.54, 1.807) is 24.3 Å². The van der Waals surface area contributed by atoms with Gasteiger partial charge >= 0.3 is 0 Å². The van der Waals surface area contributed by atoms with E-state index in [2.05, 4.69) is 5.32 Å². The number of anilines is 1. The van der Waals surface area contributed by atoms with E-state index in [1.165, 1.54) is 6.92 Å². The Morgan fingerprint density at radius 1 is 1.33 bits per heavy atom. The minimum atomic E-state index is -0.522. The number of hydrogen-bond acceptors (Lipinski definition) is 3. The number of Topliss-reactive ketones (excluding diaryl/α,β-unsaturated/α-hetero) is 1. The van der Waals surface area contributed by atoms with Crippen LogP contribution in [0.5, 0.6) is 0 Å². The highest BCUT2D eigenvalue weighted by molar-refractivity contribution is 5.98. The van der Waals surface area contributed by atoms with Crippen LogP contribution in [0.3, 0.4) is 0 Å². The molecule has 0 bridgehead atoms. The van der Waals surface area contributed by atoms with E-state index in [0.29, 0.717) is 23.6 Å². The highest BCUT2D eigenvalue weighted by Gasteiger charge is 2.15. The number of benzene rings is 1. The highest BCUT2D eigenvalue weighted by atomic mass is 16.2. The molecule has 0 aliphatic carbocycles. The Labute approximate surface area is 108 Å². The molecule has 1 amide bonds. The number of nitrogens with one attached hydrogen (secondary N) is 1. The fraction of sp³-hybridized carbons (Fsp3) is 0.429. The van der Waals surface area contributed by atoms with E-state index < -0.39 is 6.04 Å². The summed E-state index contributed by atoms with van der Waals surface area (Å²) in [6.45, 7) is 5.53. The van der Waals surface area contributed by atoms with Gasteiger partial charge in [-0.05, 0) is 31.4 Å². The van der Waals surface area contributed by atoms with E-state index in [9.17, 15) is 9.59 Å². The minimum absolute atomic E-state index is 0.0300. The molecule has 0 aliphatic heterocycles. The van der Waals surface area contributed by atoms with Crippen LogP contribution in [0.4, 0.5) is 5.69 Å². The van der Waals surface area contributed by atoms with Crippen LogP contribution in [-0.2, 0) is 4.79 Å². The number of hydrogen-bond donors (Lipinski definition) is 2. The predicted octanol–water partition coefficient (Wildman–Crippen LogP) is 2.20. The van der Waals surface area contributed by atoms with Crippen molar-refractivity contribution in [1.82, 2.24) is 0 Å². The molecule has 1 atom stereocenters. The molecule has 1 aromatic carbocycles. The average molecular weight is 248 g/mol. The molecule has 0 spiro atoms. The maximum absolute atomic E-state index is 11.8. The van der Waals surface area contributed by atoms with E-state index in [4.69, 9.17) is 5.73 Å². The fourth-order valence-corrected chi connectivity index (χ4v) is 1.67. The van der Waals surface area contributed by atoms with Crippen molar-refractivity contribution in [2.45, 2.75) is 33.2 Å². The monoisotopic (exact) mass is 248 g/mol. The number of rotatable bonds is 5. The van der Waals surface area contributed by atoms with Crippen molar-refractivity contribution >= 4 is 17.4 Å². The van der Waals surface area contributed by atoms with Gasteiger partial charge in [0.15, 0.2) is 5.78 Å². The molecule has 98 valence electrons. The zero-order valence-corrected chi connectivity index (χ0v) is 11.1. The summed E-state index contributed by atoms with van der Waals surface area (Å²) in [7, 11) is 0. The number of amides is 1. The van der Waals surface area contributed by atoms with Crippen LogP contribution < -0.4 is 11.1 Å². The van der Waals surface area contributed by atoms with Gasteiger partial charge in [0.25, 0.3) is 0 Å². The van der Waals surface area contributed by atoms with Gasteiger partial charge in [0, 0.05) is 11.3 Å². The van der Waals surface area contributed by atoms with Gasteiger partial charge in [-0.15, -0.1) is 0 Å². The van der Waals surface area contributed by atoms with Gasteiger partial charge in [0.2, 0.25) is 5.91 Å². The molecule has 0 radical (unpaired) electrons. The second kappa shape index (κ2) is 6.31. The zero-order chi connectivity index (χ0) is 13.7.